The first-order valence-electron chi connectivity index (χ1n) is 6.83. The van der Waals surface area contributed by atoms with Crippen LogP contribution in [-0.2, 0) is 6.54 Å². The molecule has 20 heavy (non-hydrogen) atoms. The van der Waals surface area contributed by atoms with Gasteiger partial charge in [-0.25, -0.2) is 0 Å². The lowest BCUT2D eigenvalue weighted by Crippen LogP contribution is -2.20. The molecule has 1 amide bonds. The van der Waals surface area contributed by atoms with Gasteiger partial charge in [0.05, 0.1) is 9.75 Å². The van der Waals surface area contributed by atoms with Crippen molar-refractivity contribution in [2.75, 3.05) is 14.1 Å². The Kier molecular flexibility index (Phi) is 4.28. The smallest absolute Gasteiger partial charge is 0.263 e. The van der Waals surface area contributed by atoms with Crippen molar-refractivity contribution in [3.8, 4) is 10.6 Å². The summed E-state index contributed by atoms with van der Waals surface area (Å²) in [5, 5.41) is 4.64. The van der Waals surface area contributed by atoms with Gasteiger partial charge >= 0.3 is 0 Å². The monoisotopic (exact) mass is 291 g/mol. The third-order valence-electron chi connectivity index (χ3n) is 3.18. The second-order valence-corrected chi connectivity index (χ2v) is 6.37. The highest BCUT2D eigenvalue weighted by molar-refractivity contribution is 7.17. The Labute approximate surface area is 124 Å². The maximum Gasteiger partial charge on any atom is 0.263 e. The molecule has 0 aliphatic rings. The van der Waals surface area contributed by atoms with E-state index in [9.17, 15) is 4.79 Å². The van der Waals surface area contributed by atoms with E-state index in [-0.39, 0.29) is 5.91 Å². The topological polar surface area (TPSA) is 38.1 Å². The molecule has 0 radical (unpaired) electrons. The Morgan fingerprint density at radius 1 is 1.40 bits per heavy atom. The van der Waals surface area contributed by atoms with E-state index in [1.165, 1.54) is 17.0 Å². The van der Waals surface area contributed by atoms with Crippen LogP contribution >= 0.6 is 11.3 Å². The summed E-state index contributed by atoms with van der Waals surface area (Å²) in [6.07, 6.45) is 0. The molecule has 0 aromatic carbocycles. The summed E-state index contributed by atoms with van der Waals surface area (Å²) in [5.74, 6) is 0.485. The third kappa shape index (κ3) is 2.77. The molecule has 2 aromatic rings. The van der Waals surface area contributed by atoms with Gasteiger partial charge < -0.3 is 4.90 Å². The molecule has 2 aromatic heterocycles. The van der Waals surface area contributed by atoms with Crippen LogP contribution in [0.3, 0.4) is 0 Å². The first kappa shape index (κ1) is 14.8. The second kappa shape index (κ2) is 5.79. The molecule has 0 N–H and O–H groups in total. The van der Waals surface area contributed by atoms with Gasteiger partial charge in [0, 0.05) is 26.3 Å². The van der Waals surface area contributed by atoms with Gasteiger partial charge in [0.15, 0.2) is 0 Å². The lowest BCUT2D eigenvalue weighted by molar-refractivity contribution is 0.0832. The molecular formula is C15H21N3OS. The van der Waals surface area contributed by atoms with Crippen molar-refractivity contribution in [1.82, 2.24) is 14.7 Å². The Morgan fingerprint density at radius 2 is 2.10 bits per heavy atom. The van der Waals surface area contributed by atoms with E-state index in [0.717, 1.165) is 22.0 Å². The van der Waals surface area contributed by atoms with Crippen LogP contribution in [0.1, 0.15) is 42.1 Å². The number of carbonyl (C=O) groups is 1. The van der Waals surface area contributed by atoms with Crippen molar-refractivity contribution in [2.45, 2.75) is 33.2 Å². The molecule has 2 heterocycles. The van der Waals surface area contributed by atoms with Crippen LogP contribution in [0.25, 0.3) is 10.6 Å². The number of amides is 1. The highest BCUT2D eigenvalue weighted by Crippen LogP contribution is 2.30. The number of carbonyl (C=O) groups excluding carboxylic acids is 1. The average molecular weight is 291 g/mol. The predicted molar refractivity (Wildman–Crippen MR) is 83.3 cm³/mol. The van der Waals surface area contributed by atoms with Crippen molar-refractivity contribution in [2.24, 2.45) is 0 Å². The number of aryl methyl sites for hydroxylation is 1. The molecule has 2 rings (SSSR count). The summed E-state index contributed by atoms with van der Waals surface area (Å²) in [7, 11) is 3.54. The van der Waals surface area contributed by atoms with Crippen LogP contribution in [0.5, 0.6) is 0 Å². The molecule has 0 aliphatic carbocycles. The largest absolute Gasteiger partial charge is 0.344 e. The third-order valence-corrected chi connectivity index (χ3v) is 4.27. The van der Waals surface area contributed by atoms with Gasteiger partial charge in [-0.2, -0.15) is 5.10 Å². The second-order valence-electron chi connectivity index (χ2n) is 5.29. The summed E-state index contributed by atoms with van der Waals surface area (Å²) < 4.78 is 2.03. The van der Waals surface area contributed by atoms with E-state index < -0.39 is 0 Å². The Morgan fingerprint density at radius 3 is 2.60 bits per heavy atom. The number of rotatable bonds is 4. The number of hydrogen-bond donors (Lipinski definition) is 0. The fourth-order valence-electron chi connectivity index (χ4n) is 2.08. The van der Waals surface area contributed by atoms with E-state index in [4.69, 9.17) is 0 Å². The van der Waals surface area contributed by atoms with Crippen molar-refractivity contribution >= 4 is 17.2 Å². The highest BCUT2D eigenvalue weighted by atomic mass is 32.1. The number of nitrogens with zero attached hydrogens (tertiary/aromatic N) is 3. The normalized spacial score (nSPS) is 11.1. The highest BCUT2D eigenvalue weighted by Gasteiger charge is 2.16. The minimum absolute atomic E-state index is 0.0419. The minimum Gasteiger partial charge on any atom is -0.344 e. The fraction of sp³-hybridized carbons (Fsp3) is 0.467. The fourth-order valence-corrected chi connectivity index (χ4v) is 3.06. The van der Waals surface area contributed by atoms with Crippen LogP contribution in [0.15, 0.2) is 18.2 Å². The summed E-state index contributed by atoms with van der Waals surface area (Å²) in [5.41, 5.74) is 2.19. The summed E-state index contributed by atoms with van der Waals surface area (Å²) in [6, 6.07) is 5.99. The molecule has 0 saturated carbocycles. The quantitative estimate of drug-likeness (QED) is 0.865. The zero-order valence-corrected chi connectivity index (χ0v) is 13.5. The predicted octanol–water partition coefficient (Wildman–Crippen LogP) is 3.46. The van der Waals surface area contributed by atoms with Crippen LogP contribution in [0.2, 0.25) is 0 Å². The van der Waals surface area contributed by atoms with Gasteiger partial charge in [-0.15, -0.1) is 11.3 Å². The van der Waals surface area contributed by atoms with Gasteiger partial charge in [0.2, 0.25) is 0 Å². The van der Waals surface area contributed by atoms with Gasteiger partial charge in [-0.05, 0) is 31.0 Å². The molecular weight excluding hydrogens is 270 g/mol. The molecule has 0 bridgehead atoms. The molecule has 0 saturated heterocycles. The SMILES string of the molecule is CCn1nc(-c2ccc(C(=O)N(C)C)s2)cc1C(C)C. The molecule has 0 atom stereocenters. The van der Waals surface area contributed by atoms with E-state index in [0.29, 0.717) is 5.92 Å². The van der Waals surface area contributed by atoms with Crippen molar-refractivity contribution in [3.05, 3.63) is 28.8 Å². The van der Waals surface area contributed by atoms with Gasteiger partial charge in [0.25, 0.3) is 5.91 Å². The van der Waals surface area contributed by atoms with Crippen LogP contribution in [-0.4, -0.2) is 34.7 Å². The molecule has 5 heteroatoms. The maximum atomic E-state index is 11.9. The van der Waals surface area contributed by atoms with E-state index in [1.807, 2.05) is 16.8 Å². The maximum absolute atomic E-state index is 11.9. The molecule has 0 spiro atoms. The minimum atomic E-state index is 0.0419. The molecule has 0 fully saturated rings. The van der Waals surface area contributed by atoms with Gasteiger partial charge in [-0.3, -0.25) is 9.48 Å². The summed E-state index contributed by atoms with van der Waals surface area (Å²) >= 11 is 1.50. The summed E-state index contributed by atoms with van der Waals surface area (Å²) in [6.45, 7) is 7.30. The molecule has 108 valence electrons. The zero-order valence-electron chi connectivity index (χ0n) is 12.7. The first-order valence-corrected chi connectivity index (χ1v) is 7.65. The Balaban J connectivity index is 2.35. The standard InChI is InChI=1S/C15H21N3OS/c1-6-18-12(10(2)3)9-11(16-18)13-7-8-14(20-13)15(19)17(4)5/h7-10H,6H2,1-5H3. The van der Waals surface area contributed by atoms with E-state index in [2.05, 4.69) is 31.9 Å². The van der Waals surface area contributed by atoms with Crippen LogP contribution < -0.4 is 0 Å². The number of hydrogen-bond acceptors (Lipinski definition) is 3. The molecule has 0 aliphatic heterocycles. The molecule has 4 nitrogen and oxygen atoms in total. The van der Waals surface area contributed by atoms with Crippen molar-refractivity contribution < 1.29 is 4.79 Å². The zero-order chi connectivity index (χ0) is 14.9. The number of aromatic nitrogens is 2. The van der Waals surface area contributed by atoms with Crippen LogP contribution in [0, 0.1) is 0 Å². The van der Waals surface area contributed by atoms with Crippen LogP contribution in [0.4, 0.5) is 0 Å². The van der Waals surface area contributed by atoms with Gasteiger partial charge in [-0.1, -0.05) is 13.8 Å². The number of thiophene rings is 1. The van der Waals surface area contributed by atoms with E-state index >= 15 is 0 Å². The lowest BCUT2D eigenvalue weighted by Gasteiger charge is -2.06. The van der Waals surface area contributed by atoms with Crippen molar-refractivity contribution in [1.29, 1.82) is 0 Å². The lowest BCUT2D eigenvalue weighted by atomic mass is 10.1. The average Bonchev–Trinajstić information content (AvgIpc) is 3.03. The van der Waals surface area contributed by atoms with Crippen molar-refractivity contribution in [3.63, 3.8) is 0 Å². The van der Waals surface area contributed by atoms with Gasteiger partial charge in [0.1, 0.15) is 5.69 Å². The first-order chi connectivity index (χ1) is 9.43. The Hall–Kier alpha value is -1.62. The molecule has 0 unspecified atom stereocenters. The summed E-state index contributed by atoms with van der Waals surface area (Å²) in [4.78, 5) is 15.3. The Bertz CT molecular complexity index is 610. The van der Waals surface area contributed by atoms with E-state index in [1.54, 1.807) is 19.0 Å².